The first-order chi connectivity index (χ1) is 12.5. The lowest BCUT2D eigenvalue weighted by Crippen LogP contribution is -2.30. The number of imide groups is 1. The van der Waals surface area contributed by atoms with E-state index in [0.717, 1.165) is 12.0 Å². The van der Waals surface area contributed by atoms with Gasteiger partial charge in [0.05, 0.1) is 7.11 Å². The minimum absolute atomic E-state index is 0.264. The number of hydrogen-bond acceptors (Lipinski definition) is 5. The molecule has 1 aromatic rings. The third-order valence-corrected chi connectivity index (χ3v) is 3.93. The predicted octanol–water partition coefficient (Wildman–Crippen LogP) is 3.12. The number of hydrogen-bond donors (Lipinski definition) is 0. The Hall–Kier alpha value is -2.89. The Morgan fingerprint density at radius 2 is 1.81 bits per heavy atom. The first-order valence-corrected chi connectivity index (χ1v) is 8.60. The molecule has 0 spiro atoms. The zero-order valence-electron chi connectivity index (χ0n) is 15.1. The summed E-state index contributed by atoms with van der Waals surface area (Å²) < 4.78 is 10.6. The highest BCUT2D eigenvalue weighted by molar-refractivity contribution is 6.12. The van der Waals surface area contributed by atoms with Crippen LogP contribution >= 0.6 is 0 Å². The molecule has 26 heavy (non-hydrogen) atoms. The third kappa shape index (κ3) is 5.31. The van der Waals surface area contributed by atoms with Gasteiger partial charge in [-0.1, -0.05) is 24.6 Å². The number of nitrogens with zero attached hydrogens (tertiary/aromatic N) is 1. The number of benzene rings is 1. The van der Waals surface area contributed by atoms with Crippen molar-refractivity contribution in [1.82, 2.24) is 4.90 Å². The van der Waals surface area contributed by atoms with E-state index in [-0.39, 0.29) is 24.2 Å². The molecule has 0 N–H and O–H groups in total. The molecule has 0 unspecified atom stereocenters. The number of methoxy groups -OCH3 is 1. The fraction of sp³-hybridized carbons (Fsp3) is 0.350. The van der Waals surface area contributed by atoms with Gasteiger partial charge >= 0.3 is 5.97 Å². The Labute approximate surface area is 153 Å². The van der Waals surface area contributed by atoms with Gasteiger partial charge in [0, 0.05) is 25.1 Å². The Kier molecular flexibility index (Phi) is 7.14. The van der Waals surface area contributed by atoms with Gasteiger partial charge in [0.2, 0.25) is 0 Å². The zero-order valence-corrected chi connectivity index (χ0v) is 15.1. The average Bonchev–Trinajstić information content (AvgIpc) is 2.94. The lowest BCUT2D eigenvalue weighted by molar-refractivity contribution is -0.137. The van der Waals surface area contributed by atoms with Crippen LogP contribution in [-0.4, -0.2) is 36.3 Å². The van der Waals surface area contributed by atoms with Crippen LogP contribution in [0.2, 0.25) is 0 Å². The smallest absolute Gasteiger partial charge is 0.311 e. The first kappa shape index (κ1) is 19.4. The molecule has 0 saturated heterocycles. The summed E-state index contributed by atoms with van der Waals surface area (Å²) in [6.45, 7) is 2.30. The topological polar surface area (TPSA) is 72.9 Å². The van der Waals surface area contributed by atoms with Crippen molar-refractivity contribution in [3.05, 3.63) is 42.0 Å². The molecule has 2 rings (SSSR count). The van der Waals surface area contributed by atoms with E-state index in [2.05, 4.69) is 0 Å². The molecule has 138 valence electrons. The number of esters is 1. The Morgan fingerprint density at radius 3 is 2.46 bits per heavy atom. The molecule has 2 amide bonds. The van der Waals surface area contributed by atoms with E-state index in [0.29, 0.717) is 30.9 Å². The van der Waals surface area contributed by atoms with Gasteiger partial charge in [0.15, 0.2) is 11.5 Å². The van der Waals surface area contributed by atoms with Gasteiger partial charge < -0.3 is 9.47 Å². The maximum Gasteiger partial charge on any atom is 0.311 e. The molecule has 0 aromatic heterocycles. The van der Waals surface area contributed by atoms with Crippen LogP contribution in [0.25, 0.3) is 6.08 Å². The summed E-state index contributed by atoms with van der Waals surface area (Å²) in [7, 11) is 1.53. The largest absolute Gasteiger partial charge is 0.493 e. The second-order valence-corrected chi connectivity index (χ2v) is 5.86. The van der Waals surface area contributed by atoms with Crippen molar-refractivity contribution in [3.63, 3.8) is 0 Å². The second kappa shape index (κ2) is 9.56. The predicted molar refractivity (Wildman–Crippen MR) is 97.7 cm³/mol. The highest BCUT2D eigenvalue weighted by Crippen LogP contribution is 2.29. The molecule has 0 bridgehead atoms. The summed E-state index contributed by atoms with van der Waals surface area (Å²) in [6.07, 6.45) is 8.67. The number of carbonyl (C=O) groups is 3. The van der Waals surface area contributed by atoms with Crippen LogP contribution in [0.15, 0.2) is 36.4 Å². The van der Waals surface area contributed by atoms with E-state index in [1.807, 2.05) is 25.1 Å². The summed E-state index contributed by atoms with van der Waals surface area (Å²) in [5.74, 6) is 0.0143. The molecule has 6 heteroatoms. The fourth-order valence-electron chi connectivity index (χ4n) is 2.61. The Balaban J connectivity index is 1.73. The quantitative estimate of drug-likeness (QED) is 0.294. The Bertz CT molecular complexity index is 718. The van der Waals surface area contributed by atoms with Crippen LogP contribution in [0.1, 0.15) is 38.2 Å². The summed E-state index contributed by atoms with van der Waals surface area (Å²) in [6, 6.07) is 5.37. The third-order valence-electron chi connectivity index (χ3n) is 3.93. The maximum absolute atomic E-state index is 12.0. The first-order valence-electron chi connectivity index (χ1n) is 8.60. The molecular weight excluding hydrogens is 334 g/mol. The number of allylic oxidation sites excluding steroid dienone is 1. The molecule has 6 nitrogen and oxygen atoms in total. The van der Waals surface area contributed by atoms with Crippen molar-refractivity contribution in [1.29, 1.82) is 0 Å². The molecule has 0 fully saturated rings. The molecule has 1 aliphatic heterocycles. The minimum atomic E-state index is -0.336. The van der Waals surface area contributed by atoms with Gasteiger partial charge in [0.25, 0.3) is 11.8 Å². The number of ether oxygens (including phenoxy) is 2. The van der Waals surface area contributed by atoms with Crippen molar-refractivity contribution in [2.45, 2.75) is 32.6 Å². The van der Waals surface area contributed by atoms with Gasteiger partial charge in [-0.3, -0.25) is 19.3 Å². The Morgan fingerprint density at radius 1 is 1.08 bits per heavy atom. The maximum atomic E-state index is 12.0. The van der Waals surface area contributed by atoms with Crippen molar-refractivity contribution in [2.24, 2.45) is 0 Å². The monoisotopic (exact) mass is 357 g/mol. The number of amides is 2. The van der Waals surface area contributed by atoms with Crippen molar-refractivity contribution < 1.29 is 23.9 Å². The van der Waals surface area contributed by atoms with E-state index < -0.39 is 0 Å². The zero-order chi connectivity index (χ0) is 18.9. The van der Waals surface area contributed by atoms with E-state index in [9.17, 15) is 14.4 Å². The van der Waals surface area contributed by atoms with Crippen LogP contribution in [0.5, 0.6) is 11.5 Å². The number of carbonyl (C=O) groups excluding carboxylic acids is 3. The van der Waals surface area contributed by atoms with Crippen LogP contribution in [0.4, 0.5) is 0 Å². The highest BCUT2D eigenvalue weighted by atomic mass is 16.6. The van der Waals surface area contributed by atoms with E-state index in [1.165, 1.54) is 24.2 Å². The molecule has 1 aromatic carbocycles. The van der Waals surface area contributed by atoms with Crippen LogP contribution < -0.4 is 9.47 Å². The molecular formula is C20H23NO5. The lowest BCUT2D eigenvalue weighted by atomic mass is 10.1. The second-order valence-electron chi connectivity index (χ2n) is 5.86. The van der Waals surface area contributed by atoms with Crippen LogP contribution in [0, 0.1) is 0 Å². The average molecular weight is 357 g/mol. The van der Waals surface area contributed by atoms with Gasteiger partial charge in [-0.2, -0.15) is 0 Å². The molecule has 0 aliphatic carbocycles. The molecule has 0 atom stereocenters. The minimum Gasteiger partial charge on any atom is -0.493 e. The summed E-state index contributed by atoms with van der Waals surface area (Å²) in [5, 5.41) is 0. The van der Waals surface area contributed by atoms with E-state index >= 15 is 0 Å². The van der Waals surface area contributed by atoms with Gasteiger partial charge in [-0.25, -0.2) is 0 Å². The molecule has 0 saturated carbocycles. The van der Waals surface area contributed by atoms with Crippen molar-refractivity contribution in [3.8, 4) is 11.5 Å². The lowest BCUT2D eigenvalue weighted by Gasteiger charge is -2.13. The summed E-state index contributed by atoms with van der Waals surface area (Å²) in [4.78, 5) is 36.0. The van der Waals surface area contributed by atoms with Crippen LogP contribution in [-0.2, 0) is 14.4 Å². The van der Waals surface area contributed by atoms with Gasteiger partial charge in [-0.05, 0) is 37.5 Å². The van der Waals surface area contributed by atoms with E-state index in [1.54, 1.807) is 12.1 Å². The number of unbranched alkanes of at least 4 members (excludes halogenated alkanes) is 2. The standard InChI is InChI=1S/C20H23NO5/c1-3-7-15-9-10-16(17(14-15)25-2)26-20(24)8-5-4-6-13-21-18(22)11-12-19(21)23/h3,7,9-12,14H,4-6,8,13H2,1-2H3/b7-3+. The van der Waals surface area contributed by atoms with Crippen molar-refractivity contribution >= 4 is 23.9 Å². The molecule has 0 radical (unpaired) electrons. The normalized spacial score (nSPS) is 13.7. The fourth-order valence-corrected chi connectivity index (χ4v) is 2.61. The molecule has 1 aliphatic rings. The van der Waals surface area contributed by atoms with Crippen molar-refractivity contribution in [2.75, 3.05) is 13.7 Å². The van der Waals surface area contributed by atoms with Gasteiger partial charge in [0.1, 0.15) is 0 Å². The number of rotatable bonds is 9. The van der Waals surface area contributed by atoms with Crippen LogP contribution in [0.3, 0.4) is 0 Å². The summed E-state index contributed by atoms with van der Waals surface area (Å²) in [5.41, 5.74) is 0.963. The highest BCUT2D eigenvalue weighted by Gasteiger charge is 2.22. The van der Waals surface area contributed by atoms with E-state index in [4.69, 9.17) is 9.47 Å². The molecule has 1 heterocycles. The van der Waals surface area contributed by atoms with Gasteiger partial charge in [-0.15, -0.1) is 0 Å². The SMILES string of the molecule is C/C=C/c1ccc(OC(=O)CCCCCN2C(=O)C=CC2=O)c(OC)c1. The summed E-state index contributed by atoms with van der Waals surface area (Å²) >= 11 is 0.